The molecule has 218 valence electrons. The number of carbonyl (C=O) groups excluding carboxylic acids is 1. The third-order valence-corrected chi connectivity index (χ3v) is 8.25. The van der Waals surface area contributed by atoms with Gasteiger partial charge in [-0.1, -0.05) is 23.7 Å². The zero-order valence-corrected chi connectivity index (χ0v) is 23.8. The number of aryl methyl sites for hydroxylation is 2. The van der Waals surface area contributed by atoms with Gasteiger partial charge in [0.1, 0.15) is 23.0 Å². The molecule has 0 spiro atoms. The summed E-state index contributed by atoms with van der Waals surface area (Å²) in [5.41, 5.74) is 6.03. The molecule has 3 unspecified atom stereocenters. The molecule has 3 atom stereocenters. The van der Waals surface area contributed by atoms with Crippen LogP contribution in [0.3, 0.4) is 0 Å². The smallest absolute Gasteiger partial charge is 0.259 e. The molecule has 8 nitrogen and oxygen atoms in total. The topological polar surface area (TPSA) is 98.6 Å². The lowest BCUT2D eigenvalue weighted by Gasteiger charge is -2.44. The number of aromatic nitrogens is 4. The van der Waals surface area contributed by atoms with Crippen LogP contribution in [0.5, 0.6) is 0 Å². The van der Waals surface area contributed by atoms with Crippen LogP contribution in [-0.4, -0.2) is 61.9 Å². The largest absolute Gasteiger partial charge is 0.382 e. The Balaban J connectivity index is 1.69. The number of anilines is 1. The minimum atomic E-state index is -3.17. The molecule has 0 aromatic carbocycles. The predicted octanol–water partition coefficient (Wildman–Crippen LogP) is 5.25. The summed E-state index contributed by atoms with van der Waals surface area (Å²) in [5.74, 6) is -4.43. The molecule has 4 heterocycles. The Labute approximate surface area is 241 Å². The van der Waals surface area contributed by atoms with Gasteiger partial charge in [0.15, 0.2) is 0 Å². The van der Waals surface area contributed by atoms with E-state index >= 15 is 13.2 Å². The van der Waals surface area contributed by atoms with Crippen molar-refractivity contribution in [1.29, 1.82) is 0 Å². The number of fused-ring (bicyclic) bond motifs is 1. The van der Waals surface area contributed by atoms with E-state index < -0.39 is 35.6 Å². The van der Waals surface area contributed by atoms with Crippen LogP contribution in [0, 0.1) is 6.92 Å². The number of halogens is 4. The normalized spacial score (nSPS) is 24.4. The van der Waals surface area contributed by atoms with Crippen LogP contribution >= 0.6 is 11.6 Å². The van der Waals surface area contributed by atoms with Gasteiger partial charge in [-0.25, -0.2) is 23.1 Å². The molecule has 1 amide bonds. The number of carbonyl (C=O) groups is 1. The molecule has 2 N–H and O–H groups in total. The minimum absolute atomic E-state index is 0.00826. The maximum absolute atomic E-state index is 16.7. The fourth-order valence-corrected chi connectivity index (χ4v) is 6.28. The van der Waals surface area contributed by atoms with Gasteiger partial charge in [0, 0.05) is 44.5 Å². The van der Waals surface area contributed by atoms with E-state index in [9.17, 15) is 4.79 Å². The molecular formula is C29H32ClF3N6O2. The second-order valence-electron chi connectivity index (χ2n) is 10.8. The number of likely N-dealkylation sites (tertiary alicyclic amines) is 1. The van der Waals surface area contributed by atoms with Crippen molar-refractivity contribution in [3.63, 3.8) is 0 Å². The first-order valence-electron chi connectivity index (χ1n) is 13.5. The molecule has 2 aliphatic rings. The molecule has 3 aromatic heterocycles. The van der Waals surface area contributed by atoms with E-state index in [0.717, 1.165) is 0 Å². The summed E-state index contributed by atoms with van der Waals surface area (Å²) in [5, 5.41) is -0.147. The monoisotopic (exact) mass is 588 g/mol. The SMILES string of the molecule is Cc1nc(CCC2(c3cccnc3C3CN(C=O)CCC3(F)F)C(F)=C(Cl)C=CC2OC(C)C)n2ccnc(N)c12. The summed E-state index contributed by atoms with van der Waals surface area (Å²) >= 11 is 6.44. The summed E-state index contributed by atoms with van der Waals surface area (Å²) in [6.45, 7) is 5.11. The highest BCUT2D eigenvalue weighted by atomic mass is 35.5. The van der Waals surface area contributed by atoms with Crippen LogP contribution in [-0.2, 0) is 21.4 Å². The first-order chi connectivity index (χ1) is 19.5. The van der Waals surface area contributed by atoms with Crippen molar-refractivity contribution in [3.8, 4) is 0 Å². The molecule has 0 radical (unpaired) electrons. The van der Waals surface area contributed by atoms with Gasteiger partial charge in [-0.15, -0.1) is 0 Å². The van der Waals surface area contributed by atoms with Crippen molar-refractivity contribution < 1.29 is 22.7 Å². The number of nitrogen functional groups attached to an aromatic ring is 1. The number of rotatable bonds is 8. The lowest BCUT2D eigenvalue weighted by molar-refractivity contribution is -0.127. The van der Waals surface area contributed by atoms with Gasteiger partial charge in [0.05, 0.1) is 40.0 Å². The summed E-state index contributed by atoms with van der Waals surface area (Å²) in [4.78, 5) is 26.1. The second kappa shape index (κ2) is 11.1. The maximum Gasteiger partial charge on any atom is 0.259 e. The number of nitrogens with zero attached hydrogens (tertiary/aromatic N) is 5. The zero-order chi connectivity index (χ0) is 29.5. The lowest BCUT2D eigenvalue weighted by atomic mass is 9.66. The molecule has 5 rings (SSSR count). The molecule has 1 saturated heterocycles. The van der Waals surface area contributed by atoms with Gasteiger partial charge in [-0.2, -0.15) is 0 Å². The van der Waals surface area contributed by atoms with Gasteiger partial charge in [-0.3, -0.25) is 14.2 Å². The molecule has 3 aromatic rings. The highest BCUT2D eigenvalue weighted by Gasteiger charge is 2.53. The van der Waals surface area contributed by atoms with E-state index in [-0.39, 0.29) is 48.3 Å². The lowest BCUT2D eigenvalue weighted by Crippen LogP contribution is -2.49. The summed E-state index contributed by atoms with van der Waals surface area (Å²) < 4.78 is 55.8. The van der Waals surface area contributed by atoms with Gasteiger partial charge in [0.25, 0.3) is 5.92 Å². The van der Waals surface area contributed by atoms with E-state index in [4.69, 9.17) is 22.1 Å². The van der Waals surface area contributed by atoms with Crippen molar-refractivity contribution in [3.05, 3.63) is 76.5 Å². The Kier molecular flexibility index (Phi) is 7.86. The molecule has 0 bridgehead atoms. The summed E-state index contributed by atoms with van der Waals surface area (Å²) in [6, 6.07) is 3.20. The zero-order valence-electron chi connectivity index (χ0n) is 23.0. The Hall–Kier alpha value is -3.44. The number of piperidine rings is 1. The van der Waals surface area contributed by atoms with Crippen LogP contribution in [0.15, 0.2) is 53.7 Å². The predicted molar refractivity (Wildman–Crippen MR) is 149 cm³/mol. The quantitative estimate of drug-likeness (QED) is 0.361. The van der Waals surface area contributed by atoms with E-state index in [1.807, 2.05) is 13.8 Å². The average Bonchev–Trinajstić information content (AvgIpc) is 3.27. The third-order valence-electron chi connectivity index (χ3n) is 7.95. The molecule has 1 fully saturated rings. The number of alkyl halides is 2. The number of hydrogen-bond donors (Lipinski definition) is 1. The maximum atomic E-state index is 16.7. The second-order valence-corrected chi connectivity index (χ2v) is 11.2. The Bertz CT molecular complexity index is 1520. The summed E-state index contributed by atoms with van der Waals surface area (Å²) in [6.07, 6.45) is 6.87. The minimum Gasteiger partial charge on any atom is -0.382 e. The van der Waals surface area contributed by atoms with Crippen molar-refractivity contribution in [2.24, 2.45) is 0 Å². The first-order valence-corrected chi connectivity index (χ1v) is 13.9. The van der Waals surface area contributed by atoms with Crippen LogP contribution in [0.25, 0.3) is 5.52 Å². The van der Waals surface area contributed by atoms with Crippen LogP contribution in [0.2, 0.25) is 0 Å². The Morgan fingerprint density at radius 2 is 2.07 bits per heavy atom. The van der Waals surface area contributed by atoms with E-state index in [2.05, 4.69) is 15.0 Å². The van der Waals surface area contributed by atoms with E-state index in [1.54, 1.807) is 41.9 Å². The number of amides is 1. The number of hydrogen-bond acceptors (Lipinski definition) is 6. The van der Waals surface area contributed by atoms with Gasteiger partial charge >= 0.3 is 0 Å². The molecule has 41 heavy (non-hydrogen) atoms. The highest BCUT2D eigenvalue weighted by molar-refractivity contribution is 6.31. The van der Waals surface area contributed by atoms with Crippen molar-refractivity contribution in [2.75, 3.05) is 18.8 Å². The van der Waals surface area contributed by atoms with Crippen molar-refractivity contribution >= 4 is 29.3 Å². The van der Waals surface area contributed by atoms with Crippen LogP contribution < -0.4 is 5.73 Å². The Morgan fingerprint density at radius 3 is 2.80 bits per heavy atom. The van der Waals surface area contributed by atoms with Gasteiger partial charge in [-0.05, 0) is 44.9 Å². The van der Waals surface area contributed by atoms with E-state index in [0.29, 0.717) is 29.3 Å². The summed E-state index contributed by atoms with van der Waals surface area (Å²) in [7, 11) is 0. The number of allylic oxidation sites excluding steroid dienone is 2. The van der Waals surface area contributed by atoms with Gasteiger partial charge in [0.2, 0.25) is 6.41 Å². The van der Waals surface area contributed by atoms with Crippen molar-refractivity contribution in [1.82, 2.24) is 24.3 Å². The molecule has 1 aliphatic carbocycles. The van der Waals surface area contributed by atoms with Crippen LogP contribution in [0.1, 0.15) is 55.4 Å². The number of ether oxygens (including phenoxy) is 1. The molecule has 1 aliphatic heterocycles. The molecule has 12 heteroatoms. The standard InChI is InChI=1S/C29H32ClF3N6O2/c1-17(2)41-22-7-6-21(30)26(31)28(22,9-8-23-37-18(3)25-27(34)36-12-14-39(23)25)19-5-4-11-35-24(19)20-15-38(16-40)13-10-29(20,32)33/h4-7,11-12,14,16-17,20,22H,8-10,13,15H2,1-3H3,(H2,34,36). The van der Waals surface area contributed by atoms with E-state index in [1.165, 1.54) is 17.2 Å². The third kappa shape index (κ3) is 5.10. The first kappa shape index (κ1) is 29.1. The number of pyridine rings is 1. The van der Waals surface area contributed by atoms with Crippen molar-refractivity contribution in [2.45, 2.75) is 69.5 Å². The average molecular weight is 589 g/mol. The molecule has 0 saturated carbocycles. The fourth-order valence-electron chi connectivity index (χ4n) is 6.04. The number of nitrogens with two attached hydrogens (primary N) is 1. The highest BCUT2D eigenvalue weighted by Crippen LogP contribution is 2.51. The molecular weight excluding hydrogens is 557 g/mol. The fraction of sp³-hybridized carbons (Fsp3) is 0.448. The number of imidazole rings is 1. The van der Waals surface area contributed by atoms with Gasteiger partial charge < -0.3 is 15.4 Å². The Morgan fingerprint density at radius 1 is 1.29 bits per heavy atom. The van der Waals surface area contributed by atoms with Crippen LogP contribution in [0.4, 0.5) is 19.0 Å².